The molecule has 10 rings (SSSR count). The van der Waals surface area contributed by atoms with Gasteiger partial charge in [0.05, 0.1) is 11.4 Å². The zero-order valence-corrected chi connectivity index (χ0v) is 30.0. The van der Waals surface area contributed by atoms with Crippen molar-refractivity contribution < 1.29 is 9.47 Å². The molecule has 0 saturated heterocycles. The Balaban J connectivity index is 1.22. The summed E-state index contributed by atoms with van der Waals surface area (Å²) < 4.78 is 12.9. The van der Waals surface area contributed by atoms with E-state index in [2.05, 4.69) is 30.3 Å². The summed E-state index contributed by atoms with van der Waals surface area (Å²) >= 11 is 0. The highest BCUT2D eigenvalue weighted by atomic mass is 16.6. The van der Waals surface area contributed by atoms with E-state index in [9.17, 15) is 0 Å². The summed E-state index contributed by atoms with van der Waals surface area (Å²) in [5.74, 6) is 4.81. The van der Waals surface area contributed by atoms with Crippen molar-refractivity contribution in [3.05, 3.63) is 188 Å². The topological polar surface area (TPSA) is 82.9 Å². The first-order chi connectivity index (χ1) is 27.7. The third kappa shape index (κ3) is 6.33. The van der Waals surface area contributed by atoms with Gasteiger partial charge in [-0.15, -0.1) is 0 Å². The smallest absolute Gasteiger partial charge is 0.177 e. The van der Waals surface area contributed by atoms with E-state index in [1.807, 2.05) is 158 Å². The molecule has 0 saturated carbocycles. The van der Waals surface area contributed by atoms with E-state index < -0.39 is 0 Å². The van der Waals surface area contributed by atoms with Crippen molar-refractivity contribution in [3.8, 4) is 102 Å². The van der Waals surface area contributed by atoms with Crippen LogP contribution in [0.25, 0.3) is 79.2 Å². The molecule has 0 unspecified atom stereocenters. The molecule has 2 aromatic heterocycles. The van der Waals surface area contributed by atoms with Crippen LogP contribution in [0.3, 0.4) is 0 Å². The largest absolute Gasteiger partial charge is 0.449 e. The van der Waals surface area contributed by atoms with Crippen LogP contribution in [0.5, 0.6) is 23.0 Å². The van der Waals surface area contributed by atoms with Crippen LogP contribution in [-0.4, -0.2) is 24.9 Å². The van der Waals surface area contributed by atoms with Gasteiger partial charge in [-0.05, 0) is 35.9 Å². The molecule has 0 fully saturated rings. The van der Waals surface area contributed by atoms with E-state index in [1.54, 1.807) is 0 Å². The summed E-state index contributed by atoms with van der Waals surface area (Å²) in [5.41, 5.74) is 8.60. The second-order valence-corrected chi connectivity index (χ2v) is 13.3. The lowest BCUT2D eigenvalue weighted by Crippen LogP contribution is -2.03. The molecule has 56 heavy (non-hydrogen) atoms. The monoisotopic (exact) mass is 721 g/mol. The minimum absolute atomic E-state index is 0.505. The van der Waals surface area contributed by atoms with Gasteiger partial charge in [0.1, 0.15) is 0 Å². The first-order valence-electron chi connectivity index (χ1n) is 18.3. The number of para-hydroxylation sites is 3. The minimum atomic E-state index is 0.505. The fourth-order valence-electron chi connectivity index (χ4n) is 6.88. The van der Waals surface area contributed by atoms with Crippen LogP contribution >= 0.6 is 0 Å². The van der Waals surface area contributed by atoms with Crippen LogP contribution in [0.2, 0.25) is 0 Å². The van der Waals surface area contributed by atoms with Crippen LogP contribution in [0.1, 0.15) is 0 Å². The lowest BCUT2D eigenvalue weighted by Gasteiger charge is -2.23. The van der Waals surface area contributed by atoms with E-state index in [0.29, 0.717) is 46.3 Å². The zero-order chi connectivity index (χ0) is 37.3. The Bertz CT molecular complexity index is 2740. The number of ether oxygens (including phenoxy) is 2. The Kier molecular flexibility index (Phi) is 8.35. The van der Waals surface area contributed by atoms with Crippen molar-refractivity contribution in [2.45, 2.75) is 0 Å². The average Bonchev–Trinajstić information content (AvgIpc) is 3.29. The van der Waals surface area contributed by atoms with Gasteiger partial charge in [0.15, 0.2) is 46.3 Å². The Hall–Kier alpha value is -7.77. The highest BCUT2D eigenvalue weighted by molar-refractivity contribution is 5.89. The molecule has 0 aliphatic carbocycles. The van der Waals surface area contributed by atoms with Gasteiger partial charge in [-0.2, -0.15) is 0 Å². The first-order valence-corrected chi connectivity index (χ1v) is 18.3. The maximum atomic E-state index is 6.59. The lowest BCUT2D eigenvalue weighted by molar-refractivity contribution is 0.361. The van der Waals surface area contributed by atoms with E-state index in [0.717, 1.165) is 55.9 Å². The predicted molar refractivity (Wildman–Crippen MR) is 220 cm³/mol. The highest BCUT2D eigenvalue weighted by Crippen LogP contribution is 2.51. The normalized spacial score (nSPS) is 11.5. The van der Waals surface area contributed by atoms with Gasteiger partial charge in [-0.25, -0.2) is 24.9 Å². The molecule has 1 aliphatic rings. The molecule has 0 atom stereocenters. The minimum Gasteiger partial charge on any atom is -0.449 e. The quantitative estimate of drug-likeness (QED) is 0.162. The standard InChI is InChI=1S/C49H31N5O2/c1-5-16-32(17-6-1)40-31-41(51-46(50-40)33-18-7-2-8-19-33)36-28-29-37(38-24-15-27-44-45(38)56-43-26-14-13-25-42(43)55-44)39(30-36)49-53-47(34-20-9-3-10-21-34)52-48(54-49)35-22-11-4-12-23-35/h1-31H. The van der Waals surface area contributed by atoms with Crippen molar-refractivity contribution in [2.75, 3.05) is 0 Å². The van der Waals surface area contributed by atoms with Gasteiger partial charge >= 0.3 is 0 Å². The Morgan fingerprint density at radius 3 is 1.32 bits per heavy atom. The van der Waals surface area contributed by atoms with Gasteiger partial charge in [0.2, 0.25) is 0 Å². The molecule has 1 aliphatic heterocycles. The zero-order valence-electron chi connectivity index (χ0n) is 30.0. The molecule has 7 nitrogen and oxygen atoms in total. The van der Waals surface area contributed by atoms with Crippen molar-refractivity contribution >= 4 is 0 Å². The van der Waals surface area contributed by atoms with Crippen LogP contribution in [0.15, 0.2) is 188 Å². The molecular weight excluding hydrogens is 691 g/mol. The summed E-state index contributed by atoms with van der Waals surface area (Å²) in [5, 5.41) is 0. The van der Waals surface area contributed by atoms with E-state index in [4.69, 9.17) is 34.4 Å². The van der Waals surface area contributed by atoms with Gasteiger partial charge < -0.3 is 9.47 Å². The third-order valence-corrected chi connectivity index (χ3v) is 9.63. The molecule has 0 bridgehead atoms. The summed E-state index contributed by atoms with van der Waals surface area (Å²) in [6.07, 6.45) is 0. The van der Waals surface area contributed by atoms with Crippen LogP contribution in [0.4, 0.5) is 0 Å². The maximum Gasteiger partial charge on any atom is 0.177 e. The fraction of sp³-hybridized carbons (Fsp3) is 0. The average molecular weight is 722 g/mol. The SMILES string of the molecule is c1ccc(-c2cc(-c3ccc(-c4cccc5c4Oc4ccccc4O5)c(-c4nc(-c5ccccc5)nc(-c5ccccc5)n4)c3)nc(-c3ccccc3)n2)cc1. The van der Waals surface area contributed by atoms with Crippen molar-refractivity contribution in [2.24, 2.45) is 0 Å². The maximum absolute atomic E-state index is 6.59. The van der Waals surface area contributed by atoms with Crippen LogP contribution in [-0.2, 0) is 0 Å². The van der Waals surface area contributed by atoms with Gasteiger partial charge in [-0.3, -0.25) is 0 Å². The second kappa shape index (κ2) is 14.2. The molecule has 0 amide bonds. The molecule has 0 N–H and O–H groups in total. The molecule has 7 heteroatoms. The van der Waals surface area contributed by atoms with Crippen LogP contribution in [0, 0.1) is 0 Å². The van der Waals surface area contributed by atoms with Crippen molar-refractivity contribution in [1.29, 1.82) is 0 Å². The van der Waals surface area contributed by atoms with E-state index in [-0.39, 0.29) is 0 Å². The number of fused-ring (bicyclic) bond motifs is 2. The summed E-state index contributed by atoms with van der Waals surface area (Å²) in [6, 6.07) is 62.1. The first kappa shape index (κ1) is 32.8. The Labute approximate surface area is 323 Å². The second-order valence-electron chi connectivity index (χ2n) is 13.3. The van der Waals surface area contributed by atoms with Gasteiger partial charge in [0, 0.05) is 38.9 Å². The summed E-state index contributed by atoms with van der Waals surface area (Å²) in [7, 11) is 0. The lowest BCUT2D eigenvalue weighted by atomic mass is 9.94. The number of hydrogen-bond acceptors (Lipinski definition) is 7. The van der Waals surface area contributed by atoms with Crippen molar-refractivity contribution in [1.82, 2.24) is 24.9 Å². The number of benzene rings is 7. The number of rotatable bonds is 7. The number of nitrogens with zero attached hydrogens (tertiary/aromatic N) is 5. The highest BCUT2D eigenvalue weighted by Gasteiger charge is 2.25. The fourth-order valence-corrected chi connectivity index (χ4v) is 6.88. The molecule has 264 valence electrons. The predicted octanol–water partition coefficient (Wildman–Crippen LogP) is 12.2. The Morgan fingerprint density at radius 2 is 0.732 bits per heavy atom. The Morgan fingerprint density at radius 1 is 0.268 bits per heavy atom. The molecule has 3 heterocycles. The van der Waals surface area contributed by atoms with Gasteiger partial charge in [-0.1, -0.05) is 158 Å². The number of aromatic nitrogens is 5. The summed E-state index contributed by atoms with van der Waals surface area (Å²) in [6.45, 7) is 0. The van der Waals surface area contributed by atoms with Crippen molar-refractivity contribution in [3.63, 3.8) is 0 Å². The molecule has 0 radical (unpaired) electrons. The van der Waals surface area contributed by atoms with Crippen LogP contribution < -0.4 is 9.47 Å². The van der Waals surface area contributed by atoms with E-state index >= 15 is 0 Å². The molecule has 7 aromatic carbocycles. The van der Waals surface area contributed by atoms with Gasteiger partial charge in [0.25, 0.3) is 0 Å². The number of hydrogen-bond donors (Lipinski definition) is 0. The van der Waals surface area contributed by atoms with E-state index in [1.165, 1.54) is 0 Å². The molecule has 9 aromatic rings. The third-order valence-electron chi connectivity index (χ3n) is 9.63. The summed E-state index contributed by atoms with van der Waals surface area (Å²) in [4.78, 5) is 25.5. The molecular formula is C49H31N5O2. The molecule has 0 spiro atoms.